The molecule has 3 amide bonds. The van der Waals surface area contributed by atoms with Crippen molar-refractivity contribution in [3.63, 3.8) is 0 Å². The number of fused-ring (bicyclic) bond motifs is 5. The highest BCUT2D eigenvalue weighted by molar-refractivity contribution is 5.88. The number of aromatic amines is 1. The van der Waals surface area contributed by atoms with E-state index in [2.05, 4.69) is 52.0 Å². The van der Waals surface area contributed by atoms with Crippen LogP contribution in [0.15, 0.2) is 65.9 Å². The van der Waals surface area contributed by atoms with Crippen molar-refractivity contribution in [2.45, 2.75) is 70.9 Å². The van der Waals surface area contributed by atoms with Crippen molar-refractivity contribution < 1.29 is 19.1 Å². The Labute approximate surface area is 275 Å². The third-order valence-corrected chi connectivity index (χ3v) is 10.7. The van der Waals surface area contributed by atoms with E-state index in [1.165, 1.54) is 48.6 Å². The summed E-state index contributed by atoms with van der Waals surface area (Å²) in [5.74, 6) is 1.86. The maximum absolute atomic E-state index is 13.5. The number of ether oxygens (including phenoxy) is 1. The van der Waals surface area contributed by atoms with Gasteiger partial charge in [-0.15, -0.1) is 0 Å². The third-order valence-electron chi connectivity index (χ3n) is 10.7. The second-order valence-corrected chi connectivity index (χ2v) is 13.6. The number of alkyl carbamates (subject to hydrolysis) is 1. The maximum atomic E-state index is 13.5. The molecule has 0 radical (unpaired) electrons. The number of benzene rings is 2. The van der Waals surface area contributed by atoms with Crippen LogP contribution in [0.25, 0.3) is 22.4 Å². The first kappa shape index (κ1) is 31.0. The van der Waals surface area contributed by atoms with Crippen molar-refractivity contribution in [2.24, 2.45) is 17.8 Å². The van der Waals surface area contributed by atoms with E-state index < -0.39 is 12.1 Å². The fraction of sp³-hybridized carbons (Fsp3) is 0.421. The Morgan fingerprint density at radius 2 is 1.55 bits per heavy atom. The first-order valence-corrected chi connectivity index (χ1v) is 16.9. The van der Waals surface area contributed by atoms with Crippen LogP contribution in [0, 0.1) is 17.8 Å². The quantitative estimate of drug-likeness (QED) is 0.217. The smallest absolute Gasteiger partial charge is 0.407 e. The van der Waals surface area contributed by atoms with Crippen LogP contribution in [0.2, 0.25) is 0 Å². The normalized spacial score (nSPS) is 22.5. The molecule has 2 saturated carbocycles. The summed E-state index contributed by atoms with van der Waals surface area (Å²) in [6.45, 7) is 4.47. The molecule has 3 N–H and O–H groups in total. The molecule has 3 aromatic rings. The number of nitrogens with one attached hydrogen (secondary N) is 3. The van der Waals surface area contributed by atoms with Crippen molar-refractivity contribution >= 4 is 35.2 Å². The minimum absolute atomic E-state index is 0.0791. The monoisotopic (exact) mass is 633 g/mol. The molecule has 9 heteroatoms. The fourth-order valence-electron chi connectivity index (χ4n) is 8.41. The summed E-state index contributed by atoms with van der Waals surface area (Å²) in [7, 11) is 1.31. The Hall–Kier alpha value is -4.66. The molecule has 1 saturated heterocycles. The molecule has 3 aliphatic carbocycles. The van der Waals surface area contributed by atoms with E-state index in [9.17, 15) is 14.4 Å². The van der Waals surface area contributed by atoms with Crippen LogP contribution in [0.4, 0.5) is 10.5 Å². The number of aromatic nitrogens is 2. The number of imidazole rings is 1. The molecule has 2 heterocycles. The van der Waals surface area contributed by atoms with Gasteiger partial charge in [-0.25, -0.2) is 9.78 Å². The highest BCUT2D eigenvalue weighted by Crippen LogP contribution is 2.59. The number of nitrogens with zero attached hydrogens (tertiary/aromatic N) is 2. The molecule has 244 valence electrons. The number of amides is 3. The minimum atomic E-state index is -0.659. The Kier molecular flexibility index (Phi) is 8.47. The van der Waals surface area contributed by atoms with Gasteiger partial charge in [0.15, 0.2) is 0 Å². The zero-order valence-electron chi connectivity index (χ0n) is 27.3. The van der Waals surface area contributed by atoms with E-state index >= 15 is 0 Å². The molecule has 3 fully saturated rings. The number of anilines is 1. The number of carbonyl (C=O) groups excluding carboxylic acids is 3. The van der Waals surface area contributed by atoms with Crippen LogP contribution in [0.5, 0.6) is 0 Å². The average Bonchev–Trinajstić information content (AvgIpc) is 3.92. The largest absolute Gasteiger partial charge is 0.453 e. The first-order valence-electron chi connectivity index (χ1n) is 16.9. The van der Waals surface area contributed by atoms with Crippen molar-refractivity contribution in [1.82, 2.24) is 20.2 Å². The molecule has 9 nitrogen and oxygen atoms in total. The Morgan fingerprint density at radius 1 is 0.936 bits per heavy atom. The lowest BCUT2D eigenvalue weighted by Crippen LogP contribution is -2.51. The van der Waals surface area contributed by atoms with Gasteiger partial charge in [0.2, 0.25) is 12.3 Å². The van der Waals surface area contributed by atoms with Gasteiger partial charge >= 0.3 is 6.09 Å². The van der Waals surface area contributed by atoms with E-state index in [1.54, 1.807) is 11.1 Å². The summed E-state index contributed by atoms with van der Waals surface area (Å²) in [4.78, 5) is 46.4. The van der Waals surface area contributed by atoms with Crippen LogP contribution in [0.1, 0.15) is 81.8 Å². The van der Waals surface area contributed by atoms with Gasteiger partial charge in [-0.3, -0.25) is 9.59 Å². The summed E-state index contributed by atoms with van der Waals surface area (Å²) in [5, 5.41) is 5.46. The Balaban J connectivity index is 1.12. The lowest BCUT2D eigenvalue weighted by molar-refractivity contribution is -0.135. The molecule has 7 rings (SSSR count). The molecule has 2 bridgehead atoms. The van der Waals surface area contributed by atoms with E-state index in [4.69, 9.17) is 9.72 Å². The topological polar surface area (TPSA) is 116 Å². The number of hydrogen-bond donors (Lipinski definition) is 3. The summed E-state index contributed by atoms with van der Waals surface area (Å²) in [6, 6.07) is 16.3. The predicted octanol–water partition coefficient (Wildman–Crippen LogP) is 7.12. The second-order valence-electron chi connectivity index (χ2n) is 13.6. The van der Waals surface area contributed by atoms with Crippen LogP contribution in [0.3, 0.4) is 0 Å². The van der Waals surface area contributed by atoms with Gasteiger partial charge in [-0.1, -0.05) is 50.2 Å². The zero-order valence-corrected chi connectivity index (χ0v) is 27.3. The van der Waals surface area contributed by atoms with Crippen molar-refractivity contribution in [3.05, 3.63) is 82.8 Å². The van der Waals surface area contributed by atoms with Gasteiger partial charge in [-0.2, -0.15) is 0 Å². The molecular formula is C38H43N5O4. The lowest BCUT2D eigenvalue weighted by atomic mass is 9.74. The van der Waals surface area contributed by atoms with E-state index in [1.807, 2.05) is 37.1 Å². The summed E-state index contributed by atoms with van der Waals surface area (Å²) >= 11 is 0. The molecule has 1 aromatic heterocycles. The maximum Gasteiger partial charge on any atom is 0.407 e. The van der Waals surface area contributed by atoms with Crippen LogP contribution in [-0.4, -0.2) is 53.0 Å². The highest BCUT2D eigenvalue weighted by atomic mass is 16.5. The van der Waals surface area contributed by atoms with Gasteiger partial charge in [0.05, 0.1) is 25.0 Å². The van der Waals surface area contributed by atoms with Crippen LogP contribution >= 0.6 is 0 Å². The van der Waals surface area contributed by atoms with Gasteiger partial charge in [0, 0.05) is 12.2 Å². The summed E-state index contributed by atoms with van der Waals surface area (Å²) in [6.07, 6.45) is 9.52. The van der Waals surface area contributed by atoms with E-state index in [-0.39, 0.29) is 17.9 Å². The number of rotatable bonds is 9. The van der Waals surface area contributed by atoms with E-state index in [0.717, 1.165) is 54.9 Å². The summed E-state index contributed by atoms with van der Waals surface area (Å²) < 4.78 is 4.77. The second kappa shape index (κ2) is 12.9. The zero-order chi connectivity index (χ0) is 32.7. The molecular weight excluding hydrogens is 590 g/mol. The number of hydrogen-bond acceptors (Lipinski definition) is 5. The fourth-order valence-corrected chi connectivity index (χ4v) is 8.41. The average molecular weight is 634 g/mol. The first-order chi connectivity index (χ1) is 22.9. The Bertz CT molecular complexity index is 1740. The predicted molar refractivity (Wildman–Crippen MR) is 182 cm³/mol. The van der Waals surface area contributed by atoms with Crippen molar-refractivity contribution in [1.29, 1.82) is 0 Å². The van der Waals surface area contributed by atoms with Gasteiger partial charge in [0.25, 0.3) is 0 Å². The van der Waals surface area contributed by atoms with E-state index in [0.29, 0.717) is 18.4 Å². The molecule has 47 heavy (non-hydrogen) atoms. The van der Waals surface area contributed by atoms with Crippen molar-refractivity contribution in [3.8, 4) is 11.3 Å². The number of carbonyl (C=O) groups is 3. The van der Waals surface area contributed by atoms with Crippen molar-refractivity contribution in [2.75, 3.05) is 19.0 Å². The third kappa shape index (κ3) is 5.77. The molecule has 1 aliphatic heterocycles. The molecule has 4 aliphatic rings. The van der Waals surface area contributed by atoms with Crippen LogP contribution in [-0.2, 0) is 14.3 Å². The number of methoxy groups -OCH3 is 1. The molecule has 2 aromatic carbocycles. The minimum Gasteiger partial charge on any atom is -0.453 e. The highest BCUT2D eigenvalue weighted by Gasteiger charge is 2.44. The lowest BCUT2D eigenvalue weighted by Gasteiger charge is -2.30. The Morgan fingerprint density at radius 3 is 2.15 bits per heavy atom. The number of allylic oxidation sites excluding steroid dienone is 4. The number of H-pyrrole nitrogens is 1. The number of likely N-dealkylation sites (tertiary alicyclic amines) is 1. The molecule has 4 unspecified atom stereocenters. The van der Waals surface area contributed by atoms with Gasteiger partial charge in [0.1, 0.15) is 11.9 Å². The molecule has 4 atom stereocenters. The van der Waals surface area contributed by atoms with Gasteiger partial charge < -0.3 is 25.3 Å². The molecule has 0 spiro atoms. The SMILES string of the molecule is COC(=O)NC(C(=O)N1CCCC1c1ncc(-c2ccc(C3=C4C(=C(c5ccc(NC=O)cc5)CC3)C3CCC4C3)cc2)[nH]1)C(C)C. The van der Waals surface area contributed by atoms with Gasteiger partial charge in [-0.05, 0) is 114 Å². The van der Waals surface area contributed by atoms with Crippen LogP contribution < -0.4 is 10.6 Å². The standard InChI is InChI=1S/C38H43N5O4/c1-22(2)35(42-38(46)47-3)37(45)43-18-4-5-32(43)36-39-20-31(41-36)25-8-6-23(7-9-25)29-16-17-30(24-12-14-28(15-13-24)40-21-44)34-27-11-10-26(19-27)33(29)34/h6-9,12-15,20-22,26-27,32,35H,4-5,10-11,16-19H2,1-3H3,(H,39,41)(H,40,44)(H,42,46). The summed E-state index contributed by atoms with van der Waals surface area (Å²) in [5.41, 5.74) is 11.5.